The number of fused-ring (bicyclic) bond motifs is 1. The van der Waals surface area contributed by atoms with Gasteiger partial charge in [-0.1, -0.05) is 73.6 Å². The highest BCUT2D eigenvalue weighted by Gasteiger charge is 2.55. The maximum absolute atomic E-state index is 13.8. The lowest BCUT2D eigenvalue weighted by atomic mass is 9.66. The maximum Gasteiger partial charge on any atom is 0.172 e. The van der Waals surface area contributed by atoms with Crippen LogP contribution in [-0.2, 0) is 9.59 Å². The molecule has 2 aliphatic carbocycles. The third kappa shape index (κ3) is 4.78. The minimum Gasteiger partial charge on any atom is -0.294 e. The zero-order chi connectivity index (χ0) is 21.4. The molecule has 2 rings (SSSR count). The van der Waals surface area contributed by atoms with Crippen LogP contribution in [0.5, 0.6) is 0 Å². The SMILES string of the molecule is C.CCC1(CC=C(C)C)CC2[C@H](C)C(C(C)C)C[C@@]2(C)C=C(C(=O)C(C)C)C1=O. The Bertz CT molecular complexity index is 677. The van der Waals surface area contributed by atoms with Gasteiger partial charge in [-0.15, -0.1) is 0 Å². The van der Waals surface area contributed by atoms with Gasteiger partial charge < -0.3 is 0 Å². The van der Waals surface area contributed by atoms with Crippen molar-refractivity contribution in [1.29, 1.82) is 0 Å². The molecule has 29 heavy (non-hydrogen) atoms. The Kier molecular flexibility index (Phi) is 8.30. The van der Waals surface area contributed by atoms with Crippen LogP contribution < -0.4 is 0 Å². The molecule has 0 radical (unpaired) electrons. The maximum atomic E-state index is 13.8. The van der Waals surface area contributed by atoms with Gasteiger partial charge in [0.15, 0.2) is 11.6 Å². The Morgan fingerprint density at radius 2 is 1.79 bits per heavy atom. The number of carbonyl (C=O) groups is 2. The molecule has 5 atom stereocenters. The van der Waals surface area contributed by atoms with Crippen LogP contribution in [-0.4, -0.2) is 11.6 Å². The molecule has 0 aromatic carbocycles. The molecule has 0 amide bonds. The van der Waals surface area contributed by atoms with E-state index in [2.05, 4.69) is 60.6 Å². The van der Waals surface area contributed by atoms with E-state index in [1.165, 1.54) is 5.57 Å². The summed E-state index contributed by atoms with van der Waals surface area (Å²) in [6, 6.07) is 0. The van der Waals surface area contributed by atoms with Crippen molar-refractivity contribution < 1.29 is 9.59 Å². The molecule has 3 unspecified atom stereocenters. The van der Waals surface area contributed by atoms with Gasteiger partial charge in [0, 0.05) is 11.3 Å². The highest BCUT2D eigenvalue weighted by atomic mass is 16.2. The number of carbonyl (C=O) groups excluding carboxylic acids is 2. The smallest absolute Gasteiger partial charge is 0.172 e. The lowest BCUT2D eigenvalue weighted by Crippen LogP contribution is -2.36. The van der Waals surface area contributed by atoms with E-state index in [4.69, 9.17) is 0 Å². The van der Waals surface area contributed by atoms with E-state index in [0.29, 0.717) is 29.2 Å². The lowest BCUT2D eigenvalue weighted by molar-refractivity contribution is -0.129. The molecule has 0 aromatic heterocycles. The molecule has 166 valence electrons. The van der Waals surface area contributed by atoms with Crippen molar-refractivity contribution in [3.63, 3.8) is 0 Å². The summed E-state index contributed by atoms with van der Waals surface area (Å²) in [5.41, 5.74) is 1.23. The fourth-order valence-electron chi connectivity index (χ4n) is 5.89. The van der Waals surface area contributed by atoms with Crippen molar-refractivity contribution in [2.75, 3.05) is 0 Å². The Labute approximate surface area is 180 Å². The second kappa shape index (κ2) is 9.31. The largest absolute Gasteiger partial charge is 0.294 e. The van der Waals surface area contributed by atoms with Gasteiger partial charge in [-0.3, -0.25) is 9.59 Å². The van der Waals surface area contributed by atoms with E-state index in [0.717, 1.165) is 25.7 Å². The first-order valence-corrected chi connectivity index (χ1v) is 11.3. The van der Waals surface area contributed by atoms with E-state index in [1.54, 1.807) is 0 Å². The highest BCUT2D eigenvalue weighted by Crippen LogP contribution is 2.60. The lowest BCUT2D eigenvalue weighted by Gasteiger charge is -2.37. The molecule has 1 fully saturated rings. The normalized spacial score (nSPS) is 34.4. The second-order valence-corrected chi connectivity index (χ2v) is 10.8. The first-order valence-electron chi connectivity index (χ1n) is 11.3. The first-order chi connectivity index (χ1) is 12.9. The van der Waals surface area contributed by atoms with Crippen molar-refractivity contribution >= 4 is 11.6 Å². The van der Waals surface area contributed by atoms with E-state index in [9.17, 15) is 9.59 Å². The molecule has 2 aliphatic rings. The van der Waals surface area contributed by atoms with Crippen LogP contribution >= 0.6 is 0 Å². The molecule has 2 nitrogen and oxygen atoms in total. The second-order valence-electron chi connectivity index (χ2n) is 10.8. The van der Waals surface area contributed by atoms with Crippen LogP contribution in [0.25, 0.3) is 0 Å². The van der Waals surface area contributed by atoms with Crippen molar-refractivity contribution in [3.8, 4) is 0 Å². The zero-order valence-corrected chi connectivity index (χ0v) is 19.7. The average Bonchev–Trinajstić information content (AvgIpc) is 2.80. The van der Waals surface area contributed by atoms with Crippen LogP contribution in [0.15, 0.2) is 23.3 Å². The fraction of sp³-hybridized carbons (Fsp3) is 0.778. The van der Waals surface area contributed by atoms with Crippen LogP contribution in [0, 0.1) is 40.4 Å². The molecule has 0 bridgehead atoms. The summed E-state index contributed by atoms with van der Waals surface area (Å²) in [4.78, 5) is 27.0. The Hall–Kier alpha value is -1.18. The van der Waals surface area contributed by atoms with E-state index in [-0.39, 0.29) is 30.3 Å². The monoisotopic (exact) mass is 402 g/mol. The molecule has 1 saturated carbocycles. The molecular weight excluding hydrogens is 356 g/mol. The quantitative estimate of drug-likeness (QED) is 0.342. The summed E-state index contributed by atoms with van der Waals surface area (Å²) in [5.74, 6) is 2.28. The summed E-state index contributed by atoms with van der Waals surface area (Å²) >= 11 is 0. The van der Waals surface area contributed by atoms with Gasteiger partial charge in [-0.05, 0) is 68.6 Å². The van der Waals surface area contributed by atoms with Gasteiger partial charge in [0.1, 0.15) is 0 Å². The van der Waals surface area contributed by atoms with Crippen LogP contribution in [0.2, 0.25) is 0 Å². The third-order valence-corrected chi connectivity index (χ3v) is 7.87. The van der Waals surface area contributed by atoms with E-state index < -0.39 is 5.41 Å². The Morgan fingerprint density at radius 3 is 2.24 bits per heavy atom. The van der Waals surface area contributed by atoms with Crippen molar-refractivity contribution in [2.24, 2.45) is 40.4 Å². The predicted octanol–water partition coefficient (Wildman–Crippen LogP) is 7.43. The highest BCUT2D eigenvalue weighted by molar-refractivity contribution is 6.22. The minimum atomic E-state index is -0.448. The van der Waals surface area contributed by atoms with Crippen LogP contribution in [0.1, 0.15) is 95.4 Å². The summed E-state index contributed by atoms with van der Waals surface area (Å²) < 4.78 is 0. The van der Waals surface area contributed by atoms with E-state index >= 15 is 0 Å². The Morgan fingerprint density at radius 1 is 1.21 bits per heavy atom. The molecule has 2 heteroatoms. The molecule has 0 saturated heterocycles. The van der Waals surface area contributed by atoms with Crippen molar-refractivity contribution in [3.05, 3.63) is 23.3 Å². The zero-order valence-electron chi connectivity index (χ0n) is 19.7. The van der Waals surface area contributed by atoms with Gasteiger partial charge in [0.05, 0.1) is 5.57 Å². The van der Waals surface area contributed by atoms with Gasteiger partial charge >= 0.3 is 0 Å². The molecule has 0 aromatic rings. The van der Waals surface area contributed by atoms with E-state index in [1.807, 2.05) is 13.8 Å². The average molecular weight is 403 g/mol. The number of hydrogen-bond acceptors (Lipinski definition) is 2. The van der Waals surface area contributed by atoms with Crippen molar-refractivity contribution in [1.82, 2.24) is 0 Å². The van der Waals surface area contributed by atoms with Crippen molar-refractivity contribution in [2.45, 2.75) is 95.4 Å². The topological polar surface area (TPSA) is 34.1 Å². The molecule has 0 N–H and O–H groups in total. The van der Waals surface area contributed by atoms with Gasteiger partial charge in [-0.2, -0.15) is 0 Å². The number of ketones is 2. The molecular formula is C27H46O2. The van der Waals surface area contributed by atoms with Gasteiger partial charge in [0.2, 0.25) is 0 Å². The standard InChI is InChI=1S/C26H42O2.CH4/c1-10-26(12-11-16(2)3)15-22-19(8)20(17(4)5)13-25(22,9)14-21(24(26)28)23(27)18(6)7;/h11,14,17-20,22H,10,12-13,15H2,1-9H3;1H4/t19-,20?,22?,25+,26?;/m1./s1. The number of allylic oxidation sites excluding steroid dienone is 4. The van der Waals surface area contributed by atoms with Gasteiger partial charge in [0.25, 0.3) is 0 Å². The van der Waals surface area contributed by atoms with Crippen LogP contribution in [0.4, 0.5) is 0 Å². The first kappa shape index (κ1) is 25.9. The summed E-state index contributed by atoms with van der Waals surface area (Å²) in [6.45, 7) is 19.5. The number of hydrogen-bond donors (Lipinski definition) is 0. The minimum absolute atomic E-state index is 0. The number of rotatable bonds is 6. The summed E-state index contributed by atoms with van der Waals surface area (Å²) in [5, 5.41) is 0. The summed E-state index contributed by atoms with van der Waals surface area (Å²) in [7, 11) is 0. The number of Topliss-reactive ketones (excluding diaryl/α,β-unsaturated/α-hetero) is 2. The molecule has 0 heterocycles. The van der Waals surface area contributed by atoms with Crippen LogP contribution in [0.3, 0.4) is 0 Å². The molecule has 0 aliphatic heterocycles. The fourth-order valence-corrected chi connectivity index (χ4v) is 5.89. The Balaban J connectivity index is 0.00000420. The van der Waals surface area contributed by atoms with Gasteiger partial charge in [-0.25, -0.2) is 0 Å². The predicted molar refractivity (Wildman–Crippen MR) is 125 cm³/mol. The molecule has 0 spiro atoms. The third-order valence-electron chi connectivity index (χ3n) is 7.87. The summed E-state index contributed by atoms with van der Waals surface area (Å²) in [6.07, 6.45) is 7.87.